The van der Waals surface area contributed by atoms with Crippen molar-refractivity contribution in [3.05, 3.63) is 35.4 Å². The van der Waals surface area contributed by atoms with Crippen molar-refractivity contribution in [3.63, 3.8) is 0 Å². The number of nitrogens with zero attached hydrogens (tertiary/aromatic N) is 1. The third kappa shape index (κ3) is 2.13. The summed E-state index contributed by atoms with van der Waals surface area (Å²) in [7, 11) is 2.06. The quantitative estimate of drug-likeness (QED) is 0.825. The molecule has 1 aliphatic heterocycles. The Bertz CT molecular complexity index is 358. The standard InChI is InChI=1S/C14H21NO/c1-11(2)12-4-6-13(7-5-12)14(16)8-9-15(3)10-14/h4-7,11,16H,8-10H2,1-3H3. The highest BCUT2D eigenvalue weighted by Crippen LogP contribution is 2.31. The van der Waals surface area contributed by atoms with Crippen LogP contribution in [0.15, 0.2) is 24.3 Å². The molecule has 0 saturated carbocycles. The normalized spacial score (nSPS) is 26.6. The molecule has 1 fully saturated rings. The van der Waals surface area contributed by atoms with Gasteiger partial charge < -0.3 is 10.0 Å². The second-order valence-electron chi connectivity index (χ2n) is 5.30. The van der Waals surface area contributed by atoms with Crippen LogP contribution >= 0.6 is 0 Å². The first-order chi connectivity index (χ1) is 7.51. The van der Waals surface area contributed by atoms with E-state index in [9.17, 15) is 5.11 Å². The van der Waals surface area contributed by atoms with Crippen molar-refractivity contribution < 1.29 is 5.11 Å². The minimum atomic E-state index is -0.635. The van der Waals surface area contributed by atoms with Crippen LogP contribution in [-0.4, -0.2) is 30.1 Å². The van der Waals surface area contributed by atoms with Gasteiger partial charge in [0.25, 0.3) is 0 Å². The molecule has 1 unspecified atom stereocenters. The largest absolute Gasteiger partial charge is 0.384 e. The van der Waals surface area contributed by atoms with Crippen molar-refractivity contribution in [1.29, 1.82) is 0 Å². The Morgan fingerprint density at radius 2 is 1.88 bits per heavy atom. The monoisotopic (exact) mass is 219 g/mol. The zero-order valence-corrected chi connectivity index (χ0v) is 10.4. The van der Waals surface area contributed by atoms with Gasteiger partial charge in [-0.25, -0.2) is 0 Å². The highest BCUT2D eigenvalue weighted by atomic mass is 16.3. The van der Waals surface area contributed by atoms with E-state index >= 15 is 0 Å². The van der Waals surface area contributed by atoms with E-state index in [4.69, 9.17) is 0 Å². The van der Waals surface area contributed by atoms with Crippen LogP contribution in [-0.2, 0) is 5.60 Å². The predicted octanol–water partition coefficient (Wildman–Crippen LogP) is 2.33. The van der Waals surface area contributed by atoms with Gasteiger partial charge in [-0.2, -0.15) is 0 Å². The van der Waals surface area contributed by atoms with Gasteiger partial charge in [-0.3, -0.25) is 0 Å². The highest BCUT2D eigenvalue weighted by Gasteiger charge is 2.35. The van der Waals surface area contributed by atoms with E-state index in [2.05, 4.69) is 50.1 Å². The SMILES string of the molecule is CC(C)c1ccc(C2(O)CCN(C)C2)cc1. The molecular weight excluding hydrogens is 198 g/mol. The van der Waals surface area contributed by atoms with Gasteiger partial charge in [0.1, 0.15) is 5.60 Å². The highest BCUT2D eigenvalue weighted by molar-refractivity contribution is 5.29. The van der Waals surface area contributed by atoms with Gasteiger partial charge in [-0.15, -0.1) is 0 Å². The number of hydrogen-bond donors (Lipinski definition) is 1. The van der Waals surface area contributed by atoms with Crippen molar-refractivity contribution in [2.75, 3.05) is 20.1 Å². The number of likely N-dealkylation sites (N-methyl/N-ethyl adjacent to an activating group) is 1. The summed E-state index contributed by atoms with van der Waals surface area (Å²) in [5.41, 5.74) is 1.75. The molecular formula is C14H21NO. The van der Waals surface area contributed by atoms with E-state index in [1.165, 1.54) is 5.56 Å². The van der Waals surface area contributed by atoms with E-state index in [1.54, 1.807) is 0 Å². The maximum Gasteiger partial charge on any atom is 0.103 e. The van der Waals surface area contributed by atoms with Gasteiger partial charge in [0, 0.05) is 13.1 Å². The average Bonchev–Trinajstić information content (AvgIpc) is 2.60. The maximum absolute atomic E-state index is 10.5. The Labute approximate surface area is 97.9 Å². The van der Waals surface area contributed by atoms with Crippen LogP contribution in [0.3, 0.4) is 0 Å². The molecule has 1 saturated heterocycles. The van der Waals surface area contributed by atoms with Gasteiger partial charge in [-0.05, 0) is 30.5 Å². The molecule has 88 valence electrons. The van der Waals surface area contributed by atoms with Gasteiger partial charge in [0.2, 0.25) is 0 Å². The second-order valence-corrected chi connectivity index (χ2v) is 5.30. The molecule has 2 rings (SSSR count). The lowest BCUT2D eigenvalue weighted by atomic mass is 9.91. The third-order valence-electron chi connectivity index (χ3n) is 3.55. The van der Waals surface area contributed by atoms with Gasteiger partial charge in [0.05, 0.1) is 0 Å². The summed E-state index contributed by atoms with van der Waals surface area (Å²) in [6, 6.07) is 8.43. The van der Waals surface area contributed by atoms with Crippen molar-refractivity contribution >= 4 is 0 Å². The van der Waals surface area contributed by atoms with Crippen molar-refractivity contribution in [1.82, 2.24) is 4.90 Å². The molecule has 0 aromatic heterocycles. The smallest absolute Gasteiger partial charge is 0.103 e. The zero-order chi connectivity index (χ0) is 11.8. The van der Waals surface area contributed by atoms with Crippen molar-refractivity contribution in [2.24, 2.45) is 0 Å². The Balaban J connectivity index is 2.21. The maximum atomic E-state index is 10.5. The van der Waals surface area contributed by atoms with Crippen molar-refractivity contribution in [3.8, 4) is 0 Å². The first-order valence-electron chi connectivity index (χ1n) is 6.03. The van der Waals surface area contributed by atoms with Crippen LogP contribution in [0.1, 0.15) is 37.3 Å². The first-order valence-corrected chi connectivity index (χ1v) is 6.03. The Kier molecular flexibility index (Phi) is 3.04. The zero-order valence-electron chi connectivity index (χ0n) is 10.4. The summed E-state index contributed by atoms with van der Waals surface area (Å²) in [5, 5.41) is 10.5. The Hall–Kier alpha value is -0.860. The lowest BCUT2D eigenvalue weighted by molar-refractivity contribution is 0.0489. The van der Waals surface area contributed by atoms with Gasteiger partial charge >= 0.3 is 0 Å². The lowest BCUT2D eigenvalue weighted by Gasteiger charge is -2.23. The first kappa shape index (κ1) is 11.6. The van der Waals surface area contributed by atoms with E-state index in [1.807, 2.05) is 0 Å². The van der Waals surface area contributed by atoms with E-state index in [0.717, 1.165) is 25.1 Å². The number of hydrogen-bond acceptors (Lipinski definition) is 2. The second kappa shape index (κ2) is 4.19. The van der Waals surface area contributed by atoms with Crippen LogP contribution in [0.5, 0.6) is 0 Å². The topological polar surface area (TPSA) is 23.5 Å². The summed E-state index contributed by atoms with van der Waals surface area (Å²) in [6.45, 7) is 6.09. The van der Waals surface area contributed by atoms with Crippen LogP contribution in [0, 0.1) is 0 Å². The fourth-order valence-corrected chi connectivity index (χ4v) is 2.39. The van der Waals surface area contributed by atoms with Crippen LogP contribution in [0.2, 0.25) is 0 Å². The molecule has 1 aliphatic rings. The lowest BCUT2D eigenvalue weighted by Crippen LogP contribution is -2.29. The number of β-amino-alcohol motifs (C(OH)–C–C–N with tert-alkyl or cyclic N) is 1. The third-order valence-corrected chi connectivity index (χ3v) is 3.55. The van der Waals surface area contributed by atoms with E-state index < -0.39 is 5.60 Å². The number of aliphatic hydroxyl groups is 1. The fourth-order valence-electron chi connectivity index (χ4n) is 2.39. The average molecular weight is 219 g/mol. The number of benzene rings is 1. The minimum absolute atomic E-state index is 0.551. The van der Waals surface area contributed by atoms with Gasteiger partial charge in [0.15, 0.2) is 0 Å². The molecule has 0 radical (unpaired) electrons. The minimum Gasteiger partial charge on any atom is -0.384 e. The summed E-state index contributed by atoms with van der Waals surface area (Å²) in [4.78, 5) is 2.18. The molecule has 2 nitrogen and oxygen atoms in total. The summed E-state index contributed by atoms with van der Waals surface area (Å²) < 4.78 is 0. The van der Waals surface area contributed by atoms with E-state index in [-0.39, 0.29) is 0 Å². The fraction of sp³-hybridized carbons (Fsp3) is 0.571. The van der Waals surface area contributed by atoms with Gasteiger partial charge in [-0.1, -0.05) is 38.1 Å². The molecule has 0 amide bonds. The number of likely N-dealkylation sites (tertiary alicyclic amines) is 1. The van der Waals surface area contributed by atoms with Crippen LogP contribution in [0.25, 0.3) is 0 Å². The summed E-state index contributed by atoms with van der Waals surface area (Å²) in [5.74, 6) is 0.551. The molecule has 2 heteroatoms. The van der Waals surface area contributed by atoms with Crippen molar-refractivity contribution in [2.45, 2.75) is 31.8 Å². The molecule has 0 spiro atoms. The van der Waals surface area contributed by atoms with E-state index in [0.29, 0.717) is 5.92 Å². The Morgan fingerprint density at radius 3 is 2.31 bits per heavy atom. The molecule has 1 atom stereocenters. The molecule has 1 N–H and O–H groups in total. The molecule has 0 bridgehead atoms. The number of rotatable bonds is 2. The van der Waals surface area contributed by atoms with Crippen LogP contribution in [0.4, 0.5) is 0 Å². The molecule has 0 aliphatic carbocycles. The molecule has 1 aromatic rings. The molecule has 1 aromatic carbocycles. The molecule has 1 heterocycles. The van der Waals surface area contributed by atoms with Crippen LogP contribution < -0.4 is 0 Å². The predicted molar refractivity (Wildman–Crippen MR) is 66.5 cm³/mol. The summed E-state index contributed by atoms with van der Waals surface area (Å²) in [6.07, 6.45) is 0.838. The summed E-state index contributed by atoms with van der Waals surface area (Å²) >= 11 is 0. The Morgan fingerprint density at radius 1 is 1.25 bits per heavy atom. The molecule has 16 heavy (non-hydrogen) atoms.